The Morgan fingerprint density at radius 1 is 0.840 bits per heavy atom. The third-order valence-electron chi connectivity index (χ3n) is 3.86. The van der Waals surface area contributed by atoms with E-state index in [1.54, 1.807) is 0 Å². The predicted octanol–water partition coefficient (Wildman–Crippen LogP) is 5.19. The molecular formula is C21H36O4. The maximum Gasteiger partial charge on any atom is 0.306 e. The van der Waals surface area contributed by atoms with E-state index in [-0.39, 0.29) is 30.9 Å². The van der Waals surface area contributed by atoms with Crippen LogP contribution in [0.1, 0.15) is 97.8 Å². The summed E-state index contributed by atoms with van der Waals surface area (Å²) in [6.07, 6.45) is 9.79. The number of esters is 2. The van der Waals surface area contributed by atoms with E-state index >= 15 is 0 Å². The maximum absolute atomic E-state index is 11.8. The molecule has 0 aliphatic rings. The van der Waals surface area contributed by atoms with Crippen molar-refractivity contribution < 1.29 is 19.1 Å². The molecule has 0 bridgehead atoms. The summed E-state index contributed by atoms with van der Waals surface area (Å²) in [5.74, 6) is 5.65. The van der Waals surface area contributed by atoms with Gasteiger partial charge in [-0.05, 0) is 25.7 Å². The normalized spacial score (nSPS) is 11.3. The first-order chi connectivity index (χ1) is 12.1. The van der Waals surface area contributed by atoms with Crippen LogP contribution in [0.3, 0.4) is 0 Å². The molecule has 0 saturated heterocycles. The fraction of sp³-hybridized carbons (Fsp3) is 0.810. The zero-order valence-corrected chi connectivity index (χ0v) is 16.4. The first kappa shape index (κ1) is 23.5. The summed E-state index contributed by atoms with van der Waals surface area (Å²) < 4.78 is 10.6. The topological polar surface area (TPSA) is 52.6 Å². The average molecular weight is 353 g/mol. The Hall–Kier alpha value is -1.50. The molecule has 1 atom stereocenters. The third kappa shape index (κ3) is 15.8. The van der Waals surface area contributed by atoms with Crippen molar-refractivity contribution in [1.29, 1.82) is 0 Å². The lowest BCUT2D eigenvalue weighted by Crippen LogP contribution is -2.17. The highest BCUT2D eigenvalue weighted by Crippen LogP contribution is 2.08. The number of unbranched alkanes of at least 4 members (excludes halogenated alkanes) is 5. The molecule has 0 radical (unpaired) electrons. The van der Waals surface area contributed by atoms with Gasteiger partial charge in [0.25, 0.3) is 0 Å². The molecule has 0 aromatic heterocycles. The number of hydrogen-bond donors (Lipinski definition) is 0. The molecule has 0 aromatic carbocycles. The molecule has 0 saturated carbocycles. The summed E-state index contributed by atoms with van der Waals surface area (Å²) in [6.45, 7) is 6.73. The van der Waals surface area contributed by atoms with Crippen LogP contribution in [-0.2, 0) is 19.1 Å². The standard InChI is InChI=1S/C21H36O4/c1-4-7-9-11-13-18-24-20(22)16-14-17-21(23)25-19(6-3)15-12-10-8-5-2/h19H,4-9,11,13-18H2,1-3H3. The summed E-state index contributed by atoms with van der Waals surface area (Å²) in [4.78, 5) is 23.4. The van der Waals surface area contributed by atoms with Gasteiger partial charge in [-0.2, -0.15) is 0 Å². The van der Waals surface area contributed by atoms with Crippen LogP contribution in [0.15, 0.2) is 0 Å². The smallest absolute Gasteiger partial charge is 0.306 e. The van der Waals surface area contributed by atoms with Crippen LogP contribution in [0.5, 0.6) is 0 Å². The molecule has 0 aromatic rings. The van der Waals surface area contributed by atoms with Crippen molar-refractivity contribution in [1.82, 2.24) is 0 Å². The zero-order valence-electron chi connectivity index (χ0n) is 16.4. The van der Waals surface area contributed by atoms with Crippen molar-refractivity contribution in [3.05, 3.63) is 0 Å². The SMILES string of the molecule is CCCC#CCC(CC)OC(=O)CCCC(=O)OCCCCCCC. The fourth-order valence-corrected chi connectivity index (χ4v) is 2.25. The van der Waals surface area contributed by atoms with E-state index < -0.39 is 0 Å². The van der Waals surface area contributed by atoms with E-state index in [1.807, 2.05) is 6.92 Å². The van der Waals surface area contributed by atoms with E-state index in [2.05, 4.69) is 25.7 Å². The van der Waals surface area contributed by atoms with Crippen LogP contribution in [-0.4, -0.2) is 24.6 Å². The van der Waals surface area contributed by atoms with Gasteiger partial charge in [0.15, 0.2) is 0 Å². The van der Waals surface area contributed by atoms with Gasteiger partial charge in [0.1, 0.15) is 6.10 Å². The number of ether oxygens (including phenoxy) is 2. The number of rotatable bonds is 14. The largest absolute Gasteiger partial charge is 0.466 e. The Kier molecular flexibility index (Phi) is 16.3. The molecular weight excluding hydrogens is 316 g/mol. The van der Waals surface area contributed by atoms with Gasteiger partial charge in [-0.1, -0.05) is 52.4 Å². The molecule has 0 heterocycles. The van der Waals surface area contributed by atoms with Crippen LogP contribution < -0.4 is 0 Å². The van der Waals surface area contributed by atoms with Crippen LogP contribution >= 0.6 is 0 Å². The second kappa shape index (κ2) is 17.3. The summed E-state index contributed by atoms with van der Waals surface area (Å²) in [7, 11) is 0. The Balaban J connectivity index is 3.73. The van der Waals surface area contributed by atoms with Crippen molar-refractivity contribution >= 4 is 11.9 Å². The van der Waals surface area contributed by atoms with E-state index in [0.29, 0.717) is 19.4 Å². The fourth-order valence-electron chi connectivity index (χ4n) is 2.25. The van der Waals surface area contributed by atoms with Gasteiger partial charge >= 0.3 is 11.9 Å². The van der Waals surface area contributed by atoms with Crippen molar-refractivity contribution in [3.63, 3.8) is 0 Å². The maximum atomic E-state index is 11.8. The molecule has 4 heteroatoms. The molecule has 4 nitrogen and oxygen atoms in total. The Morgan fingerprint density at radius 2 is 1.56 bits per heavy atom. The second-order valence-electron chi connectivity index (χ2n) is 6.32. The molecule has 0 aliphatic heterocycles. The second-order valence-corrected chi connectivity index (χ2v) is 6.32. The van der Waals surface area contributed by atoms with Crippen molar-refractivity contribution in [2.75, 3.05) is 6.61 Å². The van der Waals surface area contributed by atoms with Gasteiger partial charge in [0.2, 0.25) is 0 Å². The summed E-state index contributed by atoms with van der Waals surface area (Å²) in [6, 6.07) is 0. The lowest BCUT2D eigenvalue weighted by molar-refractivity contribution is -0.149. The molecule has 1 unspecified atom stereocenters. The molecule has 0 rings (SSSR count). The molecule has 0 N–H and O–H groups in total. The molecule has 0 spiro atoms. The average Bonchev–Trinajstić information content (AvgIpc) is 2.60. The van der Waals surface area contributed by atoms with Gasteiger partial charge in [-0.15, -0.1) is 5.92 Å². The Labute approximate surface area is 154 Å². The minimum atomic E-state index is -0.253. The molecule has 144 valence electrons. The summed E-state index contributed by atoms with van der Waals surface area (Å²) in [5, 5.41) is 0. The minimum Gasteiger partial charge on any atom is -0.466 e. The van der Waals surface area contributed by atoms with Crippen molar-refractivity contribution in [2.45, 2.75) is 104 Å². The van der Waals surface area contributed by atoms with Crippen LogP contribution in [0.4, 0.5) is 0 Å². The first-order valence-corrected chi connectivity index (χ1v) is 9.94. The highest BCUT2D eigenvalue weighted by atomic mass is 16.5. The zero-order chi connectivity index (χ0) is 18.8. The van der Waals surface area contributed by atoms with Gasteiger partial charge in [-0.3, -0.25) is 9.59 Å². The van der Waals surface area contributed by atoms with Crippen LogP contribution in [0.25, 0.3) is 0 Å². The lowest BCUT2D eigenvalue weighted by Gasteiger charge is -2.13. The van der Waals surface area contributed by atoms with E-state index in [1.165, 1.54) is 19.3 Å². The number of carbonyl (C=O) groups is 2. The molecule has 25 heavy (non-hydrogen) atoms. The van der Waals surface area contributed by atoms with Crippen molar-refractivity contribution in [3.8, 4) is 11.8 Å². The molecule has 0 amide bonds. The quantitative estimate of drug-likeness (QED) is 0.245. The highest BCUT2D eigenvalue weighted by Gasteiger charge is 2.12. The number of carbonyl (C=O) groups excluding carboxylic acids is 2. The van der Waals surface area contributed by atoms with E-state index in [9.17, 15) is 9.59 Å². The highest BCUT2D eigenvalue weighted by molar-refractivity contribution is 5.72. The first-order valence-electron chi connectivity index (χ1n) is 9.94. The van der Waals surface area contributed by atoms with E-state index in [0.717, 1.165) is 32.1 Å². The molecule has 0 aliphatic carbocycles. The lowest BCUT2D eigenvalue weighted by atomic mass is 10.2. The van der Waals surface area contributed by atoms with Crippen molar-refractivity contribution in [2.24, 2.45) is 0 Å². The molecule has 0 fully saturated rings. The summed E-state index contributed by atoms with van der Waals surface area (Å²) >= 11 is 0. The van der Waals surface area contributed by atoms with Crippen LogP contribution in [0, 0.1) is 11.8 Å². The Bertz CT molecular complexity index is 406. The van der Waals surface area contributed by atoms with Gasteiger partial charge < -0.3 is 9.47 Å². The third-order valence-corrected chi connectivity index (χ3v) is 3.86. The minimum absolute atomic E-state index is 0.146. The van der Waals surface area contributed by atoms with E-state index in [4.69, 9.17) is 9.47 Å². The summed E-state index contributed by atoms with van der Waals surface area (Å²) in [5.41, 5.74) is 0. The van der Waals surface area contributed by atoms with Gasteiger partial charge in [0.05, 0.1) is 6.61 Å². The predicted molar refractivity (Wildman–Crippen MR) is 101 cm³/mol. The monoisotopic (exact) mass is 352 g/mol. The number of hydrogen-bond acceptors (Lipinski definition) is 4. The van der Waals surface area contributed by atoms with Gasteiger partial charge in [0, 0.05) is 25.7 Å². The van der Waals surface area contributed by atoms with Crippen LogP contribution in [0.2, 0.25) is 0 Å². The Morgan fingerprint density at radius 3 is 2.24 bits per heavy atom. The van der Waals surface area contributed by atoms with Gasteiger partial charge in [-0.25, -0.2) is 0 Å².